The van der Waals surface area contributed by atoms with Gasteiger partial charge in [0.25, 0.3) is 0 Å². The number of anilines is 2. The Bertz CT molecular complexity index is 585. The molecule has 2 N–H and O–H groups in total. The van der Waals surface area contributed by atoms with Gasteiger partial charge in [0.15, 0.2) is 0 Å². The molecule has 0 heterocycles. The summed E-state index contributed by atoms with van der Waals surface area (Å²) in [5, 5.41) is 6.47. The van der Waals surface area contributed by atoms with Crippen molar-refractivity contribution in [2.75, 3.05) is 24.3 Å². The summed E-state index contributed by atoms with van der Waals surface area (Å²) in [6.07, 6.45) is 0. The Balaban J connectivity index is 1.91. The Labute approximate surface area is 122 Å². The highest BCUT2D eigenvalue weighted by Gasteiger charge is 2.06. The molecule has 0 atom stereocenters. The first kappa shape index (κ1) is 14.2. The van der Waals surface area contributed by atoms with Crippen molar-refractivity contribution in [3.05, 3.63) is 53.6 Å². The number of hydrogen-bond acceptors (Lipinski definition) is 3. The standard InChI is InChI=1S/C15H15ClN2O2/c1-20-14-5-3-2-4-13(14)18-15(19)10-17-12-8-6-11(16)7-9-12/h2-9,17H,10H2,1H3,(H,18,19). The predicted octanol–water partition coefficient (Wildman–Crippen LogP) is 3.40. The van der Waals surface area contributed by atoms with E-state index in [1.807, 2.05) is 24.3 Å². The topological polar surface area (TPSA) is 50.4 Å². The lowest BCUT2D eigenvalue weighted by molar-refractivity contribution is -0.114. The lowest BCUT2D eigenvalue weighted by Crippen LogP contribution is -2.21. The van der Waals surface area contributed by atoms with Crippen molar-refractivity contribution >= 4 is 28.9 Å². The third-order valence-corrected chi connectivity index (χ3v) is 2.93. The molecule has 2 aromatic rings. The normalized spacial score (nSPS) is 9.90. The maximum atomic E-state index is 11.9. The minimum atomic E-state index is -0.149. The van der Waals surface area contributed by atoms with Crippen LogP contribution in [0.2, 0.25) is 5.02 Å². The quantitative estimate of drug-likeness (QED) is 0.887. The molecule has 0 saturated carbocycles. The van der Waals surface area contributed by atoms with Crippen molar-refractivity contribution in [1.82, 2.24) is 0 Å². The van der Waals surface area contributed by atoms with Gasteiger partial charge in [-0.15, -0.1) is 0 Å². The van der Waals surface area contributed by atoms with Crippen molar-refractivity contribution < 1.29 is 9.53 Å². The molecule has 0 spiro atoms. The summed E-state index contributed by atoms with van der Waals surface area (Å²) in [7, 11) is 1.57. The number of halogens is 1. The average molecular weight is 291 g/mol. The number of carbonyl (C=O) groups excluding carboxylic acids is 1. The Morgan fingerprint density at radius 3 is 2.55 bits per heavy atom. The minimum absolute atomic E-state index is 0.149. The Morgan fingerprint density at radius 2 is 1.85 bits per heavy atom. The number of ether oxygens (including phenoxy) is 1. The van der Waals surface area contributed by atoms with Crippen LogP contribution in [0.3, 0.4) is 0 Å². The highest BCUT2D eigenvalue weighted by molar-refractivity contribution is 6.30. The third-order valence-electron chi connectivity index (χ3n) is 2.68. The van der Waals surface area contributed by atoms with Gasteiger partial charge in [0.05, 0.1) is 19.3 Å². The Kier molecular flexibility index (Phi) is 4.85. The van der Waals surface area contributed by atoms with E-state index in [0.717, 1.165) is 5.69 Å². The summed E-state index contributed by atoms with van der Waals surface area (Å²) in [5.41, 5.74) is 1.49. The molecular formula is C15H15ClN2O2. The van der Waals surface area contributed by atoms with Crippen LogP contribution in [-0.4, -0.2) is 19.6 Å². The summed E-state index contributed by atoms with van der Waals surface area (Å²) in [4.78, 5) is 11.9. The number of nitrogens with one attached hydrogen (secondary N) is 2. The zero-order valence-corrected chi connectivity index (χ0v) is 11.8. The molecular weight excluding hydrogens is 276 g/mol. The molecule has 2 aromatic carbocycles. The van der Waals surface area contributed by atoms with Gasteiger partial charge >= 0.3 is 0 Å². The second-order valence-corrected chi connectivity index (χ2v) is 4.55. The monoisotopic (exact) mass is 290 g/mol. The van der Waals surface area contributed by atoms with Gasteiger partial charge in [0.1, 0.15) is 5.75 Å². The Morgan fingerprint density at radius 1 is 1.15 bits per heavy atom. The van der Waals surface area contributed by atoms with Crippen LogP contribution in [0.25, 0.3) is 0 Å². The van der Waals surface area contributed by atoms with Crippen molar-refractivity contribution in [2.45, 2.75) is 0 Å². The summed E-state index contributed by atoms with van der Waals surface area (Å²) < 4.78 is 5.17. The molecule has 0 aliphatic rings. The van der Waals surface area contributed by atoms with E-state index in [1.165, 1.54) is 0 Å². The molecule has 0 radical (unpaired) electrons. The molecule has 104 valence electrons. The van der Waals surface area contributed by atoms with E-state index in [0.29, 0.717) is 16.5 Å². The van der Waals surface area contributed by atoms with E-state index in [1.54, 1.807) is 31.4 Å². The van der Waals surface area contributed by atoms with Crippen molar-refractivity contribution in [3.63, 3.8) is 0 Å². The van der Waals surface area contributed by atoms with Gasteiger partial charge in [0.2, 0.25) is 5.91 Å². The highest BCUT2D eigenvalue weighted by atomic mass is 35.5. The SMILES string of the molecule is COc1ccccc1NC(=O)CNc1ccc(Cl)cc1. The van der Waals surface area contributed by atoms with Gasteiger partial charge in [-0.05, 0) is 36.4 Å². The van der Waals surface area contributed by atoms with Crippen LogP contribution in [-0.2, 0) is 4.79 Å². The number of rotatable bonds is 5. The zero-order valence-electron chi connectivity index (χ0n) is 11.0. The molecule has 2 rings (SSSR count). The minimum Gasteiger partial charge on any atom is -0.495 e. The molecule has 20 heavy (non-hydrogen) atoms. The van der Waals surface area contributed by atoms with Crippen molar-refractivity contribution in [3.8, 4) is 5.75 Å². The van der Waals surface area contributed by atoms with E-state index >= 15 is 0 Å². The predicted molar refractivity (Wildman–Crippen MR) is 81.6 cm³/mol. The fraction of sp³-hybridized carbons (Fsp3) is 0.133. The number of amides is 1. The maximum absolute atomic E-state index is 11.9. The van der Waals surface area contributed by atoms with Gasteiger partial charge in [-0.2, -0.15) is 0 Å². The van der Waals surface area contributed by atoms with Crippen LogP contribution in [0.4, 0.5) is 11.4 Å². The van der Waals surface area contributed by atoms with Crippen LogP contribution >= 0.6 is 11.6 Å². The molecule has 0 aliphatic heterocycles. The fourth-order valence-corrected chi connectivity index (χ4v) is 1.82. The molecule has 0 bridgehead atoms. The molecule has 0 unspecified atom stereocenters. The first-order valence-corrected chi connectivity index (χ1v) is 6.49. The molecule has 5 heteroatoms. The third kappa shape index (κ3) is 3.90. The molecule has 0 saturated heterocycles. The van der Waals surface area contributed by atoms with E-state index in [9.17, 15) is 4.79 Å². The van der Waals surface area contributed by atoms with Crippen LogP contribution in [0.5, 0.6) is 5.75 Å². The average Bonchev–Trinajstić information content (AvgIpc) is 2.47. The van der Waals surface area contributed by atoms with Gasteiger partial charge in [-0.3, -0.25) is 4.79 Å². The number of benzene rings is 2. The van der Waals surface area contributed by atoms with E-state index in [4.69, 9.17) is 16.3 Å². The smallest absolute Gasteiger partial charge is 0.243 e. The van der Waals surface area contributed by atoms with Crippen LogP contribution in [0, 0.1) is 0 Å². The molecule has 0 aliphatic carbocycles. The summed E-state index contributed by atoms with van der Waals surface area (Å²) in [5.74, 6) is 0.483. The summed E-state index contributed by atoms with van der Waals surface area (Å²) in [6.45, 7) is 0.166. The van der Waals surface area contributed by atoms with Crippen LogP contribution < -0.4 is 15.4 Å². The highest BCUT2D eigenvalue weighted by Crippen LogP contribution is 2.22. The second-order valence-electron chi connectivity index (χ2n) is 4.11. The first-order valence-electron chi connectivity index (χ1n) is 6.11. The largest absolute Gasteiger partial charge is 0.495 e. The van der Waals surface area contributed by atoms with Crippen molar-refractivity contribution in [2.24, 2.45) is 0 Å². The number of methoxy groups -OCH3 is 1. The van der Waals surface area contributed by atoms with Gasteiger partial charge in [-0.1, -0.05) is 23.7 Å². The molecule has 0 aromatic heterocycles. The fourth-order valence-electron chi connectivity index (χ4n) is 1.69. The summed E-state index contributed by atoms with van der Waals surface area (Å²) in [6, 6.07) is 14.4. The number of hydrogen-bond donors (Lipinski definition) is 2. The second kappa shape index (κ2) is 6.82. The Hall–Kier alpha value is -2.20. The molecule has 0 fully saturated rings. The van der Waals surface area contributed by atoms with Crippen LogP contribution in [0.15, 0.2) is 48.5 Å². The number of para-hydroxylation sites is 2. The van der Waals surface area contributed by atoms with Gasteiger partial charge in [0, 0.05) is 10.7 Å². The van der Waals surface area contributed by atoms with Gasteiger partial charge < -0.3 is 15.4 Å². The van der Waals surface area contributed by atoms with E-state index in [-0.39, 0.29) is 12.5 Å². The van der Waals surface area contributed by atoms with E-state index < -0.39 is 0 Å². The first-order chi connectivity index (χ1) is 9.69. The van der Waals surface area contributed by atoms with E-state index in [2.05, 4.69) is 10.6 Å². The summed E-state index contributed by atoms with van der Waals surface area (Å²) >= 11 is 5.79. The maximum Gasteiger partial charge on any atom is 0.243 e. The number of carbonyl (C=O) groups is 1. The molecule has 4 nitrogen and oxygen atoms in total. The van der Waals surface area contributed by atoms with Crippen LogP contribution in [0.1, 0.15) is 0 Å². The lowest BCUT2D eigenvalue weighted by atomic mass is 10.3. The molecule has 1 amide bonds. The lowest BCUT2D eigenvalue weighted by Gasteiger charge is -2.10. The zero-order chi connectivity index (χ0) is 14.4. The van der Waals surface area contributed by atoms with Gasteiger partial charge in [-0.25, -0.2) is 0 Å². The van der Waals surface area contributed by atoms with Crippen molar-refractivity contribution in [1.29, 1.82) is 0 Å².